The second-order valence-corrected chi connectivity index (χ2v) is 4.34. The molecule has 1 aliphatic rings. The van der Waals surface area contributed by atoms with Crippen LogP contribution in [0.15, 0.2) is 12.3 Å². The van der Waals surface area contributed by atoms with E-state index in [1.165, 1.54) is 0 Å². The summed E-state index contributed by atoms with van der Waals surface area (Å²) in [6, 6.07) is 0.779. The fraction of sp³-hybridized carbons (Fsp3) is 0.455. The van der Waals surface area contributed by atoms with Crippen molar-refractivity contribution in [2.75, 3.05) is 17.6 Å². The number of alkyl halides is 3. The van der Waals surface area contributed by atoms with Crippen molar-refractivity contribution in [3.8, 4) is 0 Å². The van der Waals surface area contributed by atoms with Crippen LogP contribution in [0.3, 0.4) is 0 Å². The number of carbonyl (C=O) groups is 1. The van der Waals surface area contributed by atoms with E-state index in [1.807, 2.05) is 0 Å². The first-order valence-electron chi connectivity index (χ1n) is 5.72. The van der Waals surface area contributed by atoms with Gasteiger partial charge in [-0.15, -0.1) is 0 Å². The second-order valence-electron chi connectivity index (χ2n) is 4.34. The second kappa shape index (κ2) is 4.94. The summed E-state index contributed by atoms with van der Waals surface area (Å²) in [6.45, 7) is 0.331. The van der Waals surface area contributed by atoms with E-state index in [0.29, 0.717) is 19.4 Å². The number of hydrogen-bond donors (Lipinski definition) is 3. The van der Waals surface area contributed by atoms with Gasteiger partial charge in [-0.2, -0.15) is 13.2 Å². The molecule has 1 unspecified atom stereocenters. The SMILES string of the molecule is Nc1cnc(C(F)(F)F)cc1NCC1CCC(=O)N1. The Kier molecular flexibility index (Phi) is 3.50. The molecular formula is C11H13F3N4O. The molecule has 1 aromatic rings. The van der Waals surface area contributed by atoms with Gasteiger partial charge in [-0.1, -0.05) is 0 Å². The number of nitrogens with one attached hydrogen (secondary N) is 2. The average molecular weight is 274 g/mol. The third-order valence-corrected chi connectivity index (χ3v) is 2.85. The first kappa shape index (κ1) is 13.4. The topological polar surface area (TPSA) is 80.0 Å². The average Bonchev–Trinajstić information content (AvgIpc) is 2.72. The molecule has 0 spiro atoms. The summed E-state index contributed by atoms with van der Waals surface area (Å²) >= 11 is 0. The van der Waals surface area contributed by atoms with Crippen LogP contribution in [0.2, 0.25) is 0 Å². The third kappa shape index (κ3) is 3.27. The van der Waals surface area contributed by atoms with Crippen LogP contribution in [0.25, 0.3) is 0 Å². The lowest BCUT2D eigenvalue weighted by atomic mass is 10.2. The van der Waals surface area contributed by atoms with Gasteiger partial charge >= 0.3 is 6.18 Å². The number of carbonyl (C=O) groups excluding carboxylic acids is 1. The van der Waals surface area contributed by atoms with Crippen molar-refractivity contribution in [1.82, 2.24) is 10.3 Å². The number of aromatic nitrogens is 1. The van der Waals surface area contributed by atoms with Crippen LogP contribution >= 0.6 is 0 Å². The van der Waals surface area contributed by atoms with Crippen LogP contribution in [0.5, 0.6) is 0 Å². The van der Waals surface area contributed by atoms with E-state index in [2.05, 4.69) is 15.6 Å². The number of anilines is 2. The molecule has 1 fully saturated rings. The zero-order valence-electron chi connectivity index (χ0n) is 9.92. The van der Waals surface area contributed by atoms with Gasteiger partial charge in [0.1, 0.15) is 5.69 Å². The van der Waals surface area contributed by atoms with Crippen molar-refractivity contribution in [1.29, 1.82) is 0 Å². The summed E-state index contributed by atoms with van der Waals surface area (Å²) in [5.74, 6) is -0.0505. The van der Waals surface area contributed by atoms with E-state index < -0.39 is 11.9 Å². The molecule has 4 N–H and O–H groups in total. The Balaban J connectivity index is 2.05. The maximum absolute atomic E-state index is 12.5. The van der Waals surface area contributed by atoms with Gasteiger partial charge in [0.25, 0.3) is 0 Å². The van der Waals surface area contributed by atoms with Gasteiger partial charge < -0.3 is 16.4 Å². The van der Waals surface area contributed by atoms with E-state index in [0.717, 1.165) is 12.3 Å². The highest BCUT2D eigenvalue weighted by Gasteiger charge is 2.33. The first-order chi connectivity index (χ1) is 8.86. The summed E-state index contributed by atoms with van der Waals surface area (Å²) in [4.78, 5) is 14.2. The summed E-state index contributed by atoms with van der Waals surface area (Å²) < 4.78 is 37.5. The quantitative estimate of drug-likeness (QED) is 0.777. The van der Waals surface area contributed by atoms with Crippen molar-refractivity contribution in [2.45, 2.75) is 25.1 Å². The van der Waals surface area contributed by atoms with Crippen molar-refractivity contribution < 1.29 is 18.0 Å². The van der Waals surface area contributed by atoms with Crippen LogP contribution in [0.1, 0.15) is 18.5 Å². The summed E-state index contributed by atoms with van der Waals surface area (Å²) in [5.41, 5.74) is 4.87. The Hall–Kier alpha value is -1.99. The number of nitrogens with two attached hydrogens (primary N) is 1. The Morgan fingerprint density at radius 2 is 2.26 bits per heavy atom. The zero-order chi connectivity index (χ0) is 14.0. The number of hydrogen-bond acceptors (Lipinski definition) is 4. The molecule has 1 amide bonds. The van der Waals surface area contributed by atoms with Crippen LogP contribution in [0.4, 0.5) is 24.5 Å². The molecule has 0 aliphatic carbocycles. The predicted molar refractivity (Wildman–Crippen MR) is 63.3 cm³/mol. The lowest BCUT2D eigenvalue weighted by Crippen LogP contribution is -2.32. The standard InChI is InChI=1S/C11H13F3N4O/c12-11(13,14)9-3-8(7(15)5-17-9)16-4-6-1-2-10(19)18-6/h3,5-6H,1-2,4,15H2,(H,16,17)(H,18,19). The summed E-state index contributed by atoms with van der Waals surface area (Å²) in [6.07, 6.45) is -2.45. The minimum absolute atomic E-state index is 0.0505. The van der Waals surface area contributed by atoms with Gasteiger partial charge in [0, 0.05) is 19.0 Å². The van der Waals surface area contributed by atoms with Crippen LogP contribution in [0, 0.1) is 0 Å². The number of pyridine rings is 1. The molecule has 1 atom stereocenters. The number of halogens is 3. The van der Waals surface area contributed by atoms with Crippen LogP contribution in [-0.4, -0.2) is 23.5 Å². The molecule has 1 saturated heterocycles. The van der Waals surface area contributed by atoms with E-state index >= 15 is 0 Å². The lowest BCUT2D eigenvalue weighted by Gasteiger charge is -2.15. The highest BCUT2D eigenvalue weighted by Crippen LogP contribution is 2.31. The van der Waals surface area contributed by atoms with Gasteiger partial charge in [-0.25, -0.2) is 4.98 Å². The largest absolute Gasteiger partial charge is 0.433 e. The monoisotopic (exact) mass is 274 g/mol. The maximum atomic E-state index is 12.5. The van der Waals surface area contributed by atoms with Crippen LogP contribution < -0.4 is 16.4 Å². The smallest absolute Gasteiger partial charge is 0.396 e. The lowest BCUT2D eigenvalue weighted by molar-refractivity contribution is -0.141. The van der Waals surface area contributed by atoms with Crippen LogP contribution in [-0.2, 0) is 11.0 Å². The summed E-state index contributed by atoms with van der Waals surface area (Å²) in [5, 5.41) is 5.52. The van der Waals surface area contributed by atoms with Crippen molar-refractivity contribution >= 4 is 17.3 Å². The van der Waals surface area contributed by atoms with E-state index in [-0.39, 0.29) is 23.3 Å². The van der Waals surface area contributed by atoms with E-state index in [1.54, 1.807) is 0 Å². The minimum Gasteiger partial charge on any atom is -0.396 e. The maximum Gasteiger partial charge on any atom is 0.433 e. The van der Waals surface area contributed by atoms with Gasteiger partial charge in [0.2, 0.25) is 5.91 Å². The molecule has 2 heterocycles. The molecule has 0 aromatic carbocycles. The summed E-state index contributed by atoms with van der Waals surface area (Å²) in [7, 11) is 0. The highest BCUT2D eigenvalue weighted by atomic mass is 19.4. The Labute approximate surface area is 107 Å². The number of amides is 1. The predicted octanol–water partition coefficient (Wildman–Crippen LogP) is 1.37. The fourth-order valence-corrected chi connectivity index (χ4v) is 1.84. The molecule has 5 nitrogen and oxygen atoms in total. The van der Waals surface area contributed by atoms with Gasteiger partial charge in [0.15, 0.2) is 0 Å². The molecule has 2 rings (SSSR count). The number of nitrogens with zero attached hydrogens (tertiary/aromatic N) is 1. The molecule has 8 heteroatoms. The first-order valence-corrected chi connectivity index (χ1v) is 5.72. The molecular weight excluding hydrogens is 261 g/mol. The van der Waals surface area contributed by atoms with E-state index in [9.17, 15) is 18.0 Å². The van der Waals surface area contributed by atoms with E-state index in [4.69, 9.17) is 5.73 Å². The Morgan fingerprint density at radius 3 is 2.84 bits per heavy atom. The fourth-order valence-electron chi connectivity index (χ4n) is 1.84. The molecule has 1 aliphatic heterocycles. The number of nitrogen functional groups attached to an aromatic ring is 1. The van der Waals surface area contributed by atoms with Gasteiger partial charge in [0.05, 0.1) is 17.6 Å². The molecule has 0 radical (unpaired) electrons. The minimum atomic E-state index is -4.51. The Morgan fingerprint density at radius 1 is 1.53 bits per heavy atom. The van der Waals surface area contributed by atoms with Crippen molar-refractivity contribution in [2.24, 2.45) is 0 Å². The zero-order valence-corrected chi connectivity index (χ0v) is 9.92. The highest BCUT2D eigenvalue weighted by molar-refractivity contribution is 5.78. The molecule has 19 heavy (non-hydrogen) atoms. The van der Waals surface area contributed by atoms with Gasteiger partial charge in [-0.3, -0.25) is 4.79 Å². The number of rotatable bonds is 3. The third-order valence-electron chi connectivity index (χ3n) is 2.85. The molecule has 0 bridgehead atoms. The Bertz CT molecular complexity index is 489. The molecule has 1 aromatic heterocycles. The molecule has 0 saturated carbocycles. The molecule has 104 valence electrons. The van der Waals surface area contributed by atoms with Crippen molar-refractivity contribution in [3.63, 3.8) is 0 Å². The van der Waals surface area contributed by atoms with Crippen molar-refractivity contribution in [3.05, 3.63) is 18.0 Å². The van der Waals surface area contributed by atoms with Gasteiger partial charge in [-0.05, 0) is 12.5 Å². The normalized spacial score (nSPS) is 19.3.